The second-order valence-electron chi connectivity index (χ2n) is 7.99. The molecule has 1 unspecified atom stereocenters. The van der Waals surface area contributed by atoms with Gasteiger partial charge in [-0.3, -0.25) is 4.68 Å². The summed E-state index contributed by atoms with van der Waals surface area (Å²) in [5, 5.41) is 15.2. The van der Waals surface area contributed by atoms with Crippen molar-refractivity contribution in [1.29, 1.82) is 0 Å². The molecule has 0 saturated carbocycles. The zero-order valence-electron chi connectivity index (χ0n) is 18.1. The van der Waals surface area contributed by atoms with Crippen LogP contribution in [0.3, 0.4) is 0 Å². The third-order valence-electron chi connectivity index (χ3n) is 5.80. The van der Waals surface area contributed by atoms with Crippen molar-refractivity contribution < 1.29 is 13.9 Å². The monoisotopic (exact) mass is 442 g/mol. The molecular weight excluding hydrogens is 419 g/mol. The van der Waals surface area contributed by atoms with Crippen molar-refractivity contribution in [3.63, 3.8) is 0 Å². The molecule has 0 amide bonds. The minimum Gasteiger partial charge on any atom is -0.438 e. The van der Waals surface area contributed by atoms with Gasteiger partial charge in [0.15, 0.2) is 0 Å². The van der Waals surface area contributed by atoms with Gasteiger partial charge in [0, 0.05) is 42.0 Å². The quantitative estimate of drug-likeness (QED) is 0.356. The minimum absolute atomic E-state index is 0.0808. The van der Waals surface area contributed by atoms with Crippen molar-refractivity contribution in [3.05, 3.63) is 79.0 Å². The lowest BCUT2D eigenvalue weighted by atomic mass is 10.0. The topological polar surface area (TPSA) is 77.0 Å². The molecular formula is C26H23FN4O2. The Morgan fingerprint density at radius 3 is 2.52 bits per heavy atom. The fraction of sp³-hybridized carbons (Fsp3) is 0.192. The Morgan fingerprint density at radius 1 is 1.00 bits per heavy atom. The lowest BCUT2D eigenvalue weighted by Crippen LogP contribution is -2.14. The highest BCUT2D eigenvalue weighted by Gasteiger charge is 2.20. The molecule has 2 aromatic carbocycles. The SMILES string of the molecule is CCC(CO)Cn1cc(-c2ncnc3oc(-c4ccccc4)cc23)c(-c2ccc(F)cc2)n1. The van der Waals surface area contributed by atoms with E-state index in [4.69, 9.17) is 9.52 Å². The molecule has 1 atom stereocenters. The average Bonchev–Trinajstić information content (AvgIpc) is 3.48. The standard InChI is InChI=1S/C26H23FN4O2/c1-2-17(15-32)13-31-14-22(24(30-31)19-8-10-20(27)11-9-19)25-21-12-23(18-6-4-3-5-7-18)33-26(21)29-16-28-25/h3-12,14,16-17,32H,2,13,15H2,1H3. The van der Waals surface area contributed by atoms with E-state index in [2.05, 4.69) is 9.97 Å². The Morgan fingerprint density at radius 2 is 1.79 bits per heavy atom. The van der Waals surface area contributed by atoms with E-state index in [1.165, 1.54) is 18.5 Å². The van der Waals surface area contributed by atoms with Crippen LogP contribution in [-0.4, -0.2) is 31.5 Å². The van der Waals surface area contributed by atoms with Crippen LogP contribution >= 0.6 is 0 Å². The number of aromatic nitrogens is 4. The summed E-state index contributed by atoms with van der Waals surface area (Å²) >= 11 is 0. The van der Waals surface area contributed by atoms with Gasteiger partial charge in [-0.15, -0.1) is 0 Å². The van der Waals surface area contributed by atoms with Crippen LogP contribution in [0.1, 0.15) is 13.3 Å². The predicted molar refractivity (Wildman–Crippen MR) is 125 cm³/mol. The summed E-state index contributed by atoms with van der Waals surface area (Å²) < 4.78 is 21.4. The maximum Gasteiger partial charge on any atom is 0.230 e. The van der Waals surface area contributed by atoms with E-state index in [1.54, 1.807) is 12.1 Å². The zero-order valence-corrected chi connectivity index (χ0v) is 18.1. The predicted octanol–water partition coefficient (Wildman–Crippen LogP) is 5.58. The van der Waals surface area contributed by atoms with Crippen LogP contribution < -0.4 is 0 Å². The Labute approximate surface area is 190 Å². The summed E-state index contributed by atoms with van der Waals surface area (Å²) in [7, 11) is 0. The first kappa shape index (κ1) is 21.0. The van der Waals surface area contributed by atoms with E-state index in [1.807, 2.05) is 54.2 Å². The molecule has 5 rings (SSSR count). The third-order valence-corrected chi connectivity index (χ3v) is 5.80. The Bertz CT molecular complexity index is 1370. The molecule has 1 N–H and O–H groups in total. The summed E-state index contributed by atoms with van der Waals surface area (Å²) in [4.78, 5) is 8.89. The molecule has 166 valence electrons. The summed E-state index contributed by atoms with van der Waals surface area (Å²) in [6.45, 7) is 2.68. The summed E-state index contributed by atoms with van der Waals surface area (Å²) in [5.74, 6) is 0.482. The number of furan rings is 1. The number of halogens is 1. The van der Waals surface area contributed by atoms with Gasteiger partial charge in [-0.05, 0) is 36.8 Å². The second-order valence-corrected chi connectivity index (χ2v) is 7.99. The summed E-state index contributed by atoms with van der Waals surface area (Å²) in [6.07, 6.45) is 4.23. The van der Waals surface area contributed by atoms with Gasteiger partial charge in [-0.2, -0.15) is 5.10 Å². The molecule has 0 bridgehead atoms. The van der Waals surface area contributed by atoms with E-state index in [9.17, 15) is 9.50 Å². The number of hydrogen-bond acceptors (Lipinski definition) is 5. The molecule has 6 nitrogen and oxygen atoms in total. The molecule has 3 aromatic heterocycles. The minimum atomic E-state index is -0.308. The van der Waals surface area contributed by atoms with E-state index >= 15 is 0 Å². The van der Waals surface area contributed by atoms with Crippen LogP contribution in [0.2, 0.25) is 0 Å². The van der Waals surface area contributed by atoms with E-state index in [-0.39, 0.29) is 18.3 Å². The number of benzene rings is 2. The Hall–Kier alpha value is -3.84. The highest BCUT2D eigenvalue weighted by Crippen LogP contribution is 2.36. The van der Waals surface area contributed by atoms with Crippen LogP contribution in [0, 0.1) is 11.7 Å². The normalized spacial score (nSPS) is 12.3. The zero-order chi connectivity index (χ0) is 22.8. The number of fused-ring (bicyclic) bond motifs is 1. The number of aliphatic hydroxyl groups is 1. The van der Waals surface area contributed by atoms with Crippen LogP contribution in [0.4, 0.5) is 4.39 Å². The lowest BCUT2D eigenvalue weighted by molar-refractivity contribution is 0.203. The highest BCUT2D eigenvalue weighted by atomic mass is 19.1. The smallest absolute Gasteiger partial charge is 0.230 e. The van der Waals surface area contributed by atoms with Crippen molar-refractivity contribution in [2.24, 2.45) is 5.92 Å². The molecule has 0 saturated heterocycles. The van der Waals surface area contributed by atoms with Crippen LogP contribution in [0.15, 0.2) is 77.6 Å². The van der Waals surface area contributed by atoms with Gasteiger partial charge in [0.05, 0.1) is 11.1 Å². The average molecular weight is 442 g/mol. The van der Waals surface area contributed by atoms with Crippen LogP contribution in [0.25, 0.3) is 44.9 Å². The van der Waals surface area contributed by atoms with Gasteiger partial charge in [-0.25, -0.2) is 14.4 Å². The first-order valence-electron chi connectivity index (χ1n) is 10.9. The molecule has 0 spiro atoms. The summed E-state index contributed by atoms with van der Waals surface area (Å²) in [6, 6.07) is 18.0. The number of nitrogens with zero attached hydrogens (tertiary/aromatic N) is 4. The third kappa shape index (κ3) is 4.15. The molecule has 0 fully saturated rings. The maximum absolute atomic E-state index is 13.6. The fourth-order valence-corrected chi connectivity index (χ4v) is 3.90. The second kappa shape index (κ2) is 8.96. The number of rotatable bonds is 7. The number of aliphatic hydroxyl groups excluding tert-OH is 1. The molecule has 33 heavy (non-hydrogen) atoms. The van der Waals surface area contributed by atoms with Crippen LogP contribution in [-0.2, 0) is 6.54 Å². The van der Waals surface area contributed by atoms with E-state index < -0.39 is 0 Å². The summed E-state index contributed by atoms with van der Waals surface area (Å²) in [5.41, 5.74) is 4.38. The largest absolute Gasteiger partial charge is 0.438 e. The van der Waals surface area contributed by atoms with Crippen molar-refractivity contribution in [2.45, 2.75) is 19.9 Å². The van der Waals surface area contributed by atoms with Gasteiger partial charge < -0.3 is 9.52 Å². The molecule has 0 aliphatic rings. The first-order chi connectivity index (χ1) is 16.2. The van der Waals surface area contributed by atoms with Gasteiger partial charge in [0.25, 0.3) is 0 Å². The van der Waals surface area contributed by atoms with Crippen molar-refractivity contribution >= 4 is 11.1 Å². The van der Waals surface area contributed by atoms with Gasteiger partial charge in [0.1, 0.15) is 23.6 Å². The highest BCUT2D eigenvalue weighted by molar-refractivity contribution is 5.95. The van der Waals surface area contributed by atoms with Gasteiger partial charge >= 0.3 is 0 Å². The number of hydrogen-bond donors (Lipinski definition) is 1. The Balaban J connectivity index is 1.66. The first-order valence-corrected chi connectivity index (χ1v) is 10.9. The fourth-order valence-electron chi connectivity index (χ4n) is 3.90. The van der Waals surface area contributed by atoms with Gasteiger partial charge in [-0.1, -0.05) is 37.3 Å². The van der Waals surface area contributed by atoms with Gasteiger partial charge in [0.2, 0.25) is 5.71 Å². The molecule has 3 heterocycles. The lowest BCUT2D eigenvalue weighted by Gasteiger charge is -2.10. The Kier molecular flexibility index (Phi) is 5.71. The van der Waals surface area contributed by atoms with Crippen molar-refractivity contribution in [1.82, 2.24) is 19.7 Å². The molecule has 7 heteroatoms. The van der Waals surface area contributed by atoms with Crippen LogP contribution in [0.5, 0.6) is 0 Å². The van der Waals surface area contributed by atoms with Crippen molar-refractivity contribution in [2.75, 3.05) is 6.61 Å². The molecule has 0 aliphatic heterocycles. The molecule has 5 aromatic rings. The van der Waals surface area contributed by atoms with E-state index in [0.29, 0.717) is 29.4 Å². The van der Waals surface area contributed by atoms with Crippen molar-refractivity contribution in [3.8, 4) is 33.8 Å². The van der Waals surface area contributed by atoms with E-state index in [0.717, 1.165) is 28.5 Å². The maximum atomic E-state index is 13.6. The molecule has 0 radical (unpaired) electrons. The molecule has 0 aliphatic carbocycles.